The normalized spacial score (nSPS) is 10.5. The third-order valence-electron chi connectivity index (χ3n) is 2.14. The Kier molecular flexibility index (Phi) is 2.67. The Hall–Kier alpha value is -1.84. The highest BCUT2D eigenvalue weighted by Crippen LogP contribution is 2.16. The van der Waals surface area contributed by atoms with Crippen LogP contribution in [0.15, 0.2) is 24.4 Å². The lowest BCUT2D eigenvalue weighted by molar-refractivity contribution is 0.839. The number of nitrogens with one attached hydrogen (secondary N) is 1. The summed E-state index contributed by atoms with van der Waals surface area (Å²) in [7, 11) is 0. The van der Waals surface area contributed by atoms with Gasteiger partial charge in [0.2, 0.25) is 0 Å². The van der Waals surface area contributed by atoms with Gasteiger partial charge in [-0.25, -0.2) is 9.97 Å². The van der Waals surface area contributed by atoms with E-state index in [2.05, 4.69) is 21.9 Å². The number of nitrogens with two attached hydrogens (primary N) is 1. The van der Waals surface area contributed by atoms with Crippen molar-refractivity contribution in [3.8, 4) is 11.4 Å². The van der Waals surface area contributed by atoms with Crippen molar-refractivity contribution in [1.29, 1.82) is 0 Å². The highest BCUT2D eigenvalue weighted by molar-refractivity contribution is 5.57. The largest absolute Gasteiger partial charge is 0.384 e. The zero-order chi connectivity index (χ0) is 10.7. The molecule has 2 aromatic heterocycles. The Labute approximate surface area is 88.6 Å². The Balaban J connectivity index is 2.40. The first-order chi connectivity index (χ1) is 7.29. The minimum absolute atomic E-state index is 0.526. The molecule has 0 amide bonds. The molecule has 0 atom stereocenters. The number of nitrogen functional groups attached to an aromatic ring is 1. The van der Waals surface area contributed by atoms with Gasteiger partial charge in [0.25, 0.3) is 0 Å². The van der Waals surface area contributed by atoms with Crippen LogP contribution in [-0.4, -0.2) is 15.0 Å². The second-order valence-corrected chi connectivity index (χ2v) is 3.43. The summed E-state index contributed by atoms with van der Waals surface area (Å²) in [5.41, 5.74) is 7.56. The van der Waals surface area contributed by atoms with Crippen LogP contribution < -0.4 is 5.73 Å². The van der Waals surface area contributed by atoms with Crippen LogP contribution in [0.2, 0.25) is 0 Å². The molecule has 0 bridgehead atoms. The molecule has 15 heavy (non-hydrogen) atoms. The Morgan fingerprint density at radius 3 is 2.93 bits per heavy atom. The molecule has 2 aromatic rings. The average Bonchev–Trinajstić information content (AvgIpc) is 2.70. The number of nitrogens with zero attached hydrogens (tertiary/aromatic N) is 2. The van der Waals surface area contributed by atoms with Gasteiger partial charge in [0, 0.05) is 18.7 Å². The van der Waals surface area contributed by atoms with Crippen LogP contribution in [0, 0.1) is 0 Å². The van der Waals surface area contributed by atoms with E-state index in [1.165, 1.54) is 0 Å². The van der Waals surface area contributed by atoms with Crippen molar-refractivity contribution in [3.05, 3.63) is 30.2 Å². The SMILES string of the molecule is CCCc1nc(N)cc(-c2ccc[nH]2)n1. The van der Waals surface area contributed by atoms with Crippen LogP contribution in [0.25, 0.3) is 11.4 Å². The molecule has 0 aliphatic heterocycles. The molecule has 0 unspecified atom stereocenters. The van der Waals surface area contributed by atoms with Crippen LogP contribution in [0.5, 0.6) is 0 Å². The molecule has 0 aromatic carbocycles. The maximum Gasteiger partial charge on any atom is 0.131 e. The van der Waals surface area contributed by atoms with E-state index in [0.717, 1.165) is 30.1 Å². The predicted octanol–water partition coefficient (Wildman–Crippen LogP) is 2.01. The number of H-pyrrole nitrogens is 1. The molecule has 0 aliphatic rings. The molecular formula is C11H14N4. The van der Waals surface area contributed by atoms with Crippen LogP contribution in [0.4, 0.5) is 5.82 Å². The molecule has 0 spiro atoms. The van der Waals surface area contributed by atoms with Gasteiger partial charge < -0.3 is 10.7 Å². The summed E-state index contributed by atoms with van der Waals surface area (Å²) in [6.07, 6.45) is 3.75. The van der Waals surface area contributed by atoms with Crippen molar-refractivity contribution in [3.63, 3.8) is 0 Å². The molecule has 2 heterocycles. The van der Waals surface area contributed by atoms with Crippen molar-refractivity contribution < 1.29 is 0 Å². The van der Waals surface area contributed by atoms with E-state index in [1.807, 2.05) is 18.3 Å². The number of aryl methyl sites for hydroxylation is 1. The maximum absolute atomic E-state index is 5.73. The lowest BCUT2D eigenvalue weighted by Crippen LogP contribution is -2.01. The van der Waals surface area contributed by atoms with Gasteiger partial charge in [-0.3, -0.25) is 0 Å². The number of rotatable bonds is 3. The smallest absolute Gasteiger partial charge is 0.131 e. The van der Waals surface area contributed by atoms with E-state index in [1.54, 1.807) is 6.07 Å². The fourth-order valence-electron chi connectivity index (χ4n) is 1.48. The topological polar surface area (TPSA) is 67.6 Å². The zero-order valence-electron chi connectivity index (χ0n) is 8.70. The van der Waals surface area contributed by atoms with Gasteiger partial charge in [0.1, 0.15) is 11.6 Å². The van der Waals surface area contributed by atoms with E-state index in [0.29, 0.717) is 5.82 Å². The van der Waals surface area contributed by atoms with Gasteiger partial charge in [0.05, 0.1) is 11.4 Å². The van der Waals surface area contributed by atoms with Crippen molar-refractivity contribution in [1.82, 2.24) is 15.0 Å². The summed E-state index contributed by atoms with van der Waals surface area (Å²) in [5.74, 6) is 1.33. The number of hydrogen-bond acceptors (Lipinski definition) is 3. The van der Waals surface area contributed by atoms with Gasteiger partial charge in [-0.1, -0.05) is 6.92 Å². The number of hydrogen-bond donors (Lipinski definition) is 2. The first-order valence-corrected chi connectivity index (χ1v) is 5.07. The van der Waals surface area contributed by atoms with Crippen molar-refractivity contribution >= 4 is 5.82 Å². The lowest BCUT2D eigenvalue weighted by atomic mass is 10.2. The minimum atomic E-state index is 0.526. The Bertz CT molecular complexity index is 434. The van der Waals surface area contributed by atoms with Crippen molar-refractivity contribution in [2.75, 3.05) is 5.73 Å². The van der Waals surface area contributed by atoms with Gasteiger partial charge in [-0.2, -0.15) is 0 Å². The molecule has 4 nitrogen and oxygen atoms in total. The van der Waals surface area contributed by atoms with E-state index in [4.69, 9.17) is 5.73 Å². The van der Waals surface area contributed by atoms with Gasteiger partial charge in [-0.15, -0.1) is 0 Å². The predicted molar refractivity (Wildman–Crippen MR) is 60.2 cm³/mol. The first-order valence-electron chi connectivity index (χ1n) is 5.07. The summed E-state index contributed by atoms with van der Waals surface area (Å²) in [5, 5.41) is 0. The molecule has 3 N–H and O–H groups in total. The van der Waals surface area contributed by atoms with Crippen LogP contribution in [0.3, 0.4) is 0 Å². The quantitative estimate of drug-likeness (QED) is 0.800. The van der Waals surface area contributed by atoms with E-state index >= 15 is 0 Å². The van der Waals surface area contributed by atoms with Crippen LogP contribution in [0.1, 0.15) is 19.2 Å². The van der Waals surface area contributed by atoms with E-state index in [-0.39, 0.29) is 0 Å². The summed E-state index contributed by atoms with van der Waals surface area (Å²) in [4.78, 5) is 11.7. The third-order valence-corrected chi connectivity index (χ3v) is 2.14. The molecule has 4 heteroatoms. The van der Waals surface area contributed by atoms with Gasteiger partial charge in [-0.05, 0) is 18.6 Å². The second-order valence-electron chi connectivity index (χ2n) is 3.43. The third kappa shape index (κ3) is 2.15. The molecular weight excluding hydrogens is 188 g/mol. The minimum Gasteiger partial charge on any atom is -0.384 e. The highest BCUT2D eigenvalue weighted by atomic mass is 15.0. The monoisotopic (exact) mass is 202 g/mol. The van der Waals surface area contributed by atoms with E-state index in [9.17, 15) is 0 Å². The molecule has 0 fully saturated rings. The summed E-state index contributed by atoms with van der Waals surface area (Å²) >= 11 is 0. The summed E-state index contributed by atoms with van der Waals surface area (Å²) < 4.78 is 0. The molecule has 0 saturated heterocycles. The van der Waals surface area contributed by atoms with Crippen LogP contribution >= 0.6 is 0 Å². The Morgan fingerprint density at radius 2 is 2.27 bits per heavy atom. The first kappa shape index (κ1) is 9.71. The van der Waals surface area contributed by atoms with Crippen molar-refractivity contribution in [2.24, 2.45) is 0 Å². The Morgan fingerprint density at radius 1 is 1.40 bits per heavy atom. The maximum atomic E-state index is 5.73. The summed E-state index contributed by atoms with van der Waals surface area (Å²) in [6, 6.07) is 5.69. The highest BCUT2D eigenvalue weighted by Gasteiger charge is 2.04. The van der Waals surface area contributed by atoms with Gasteiger partial charge >= 0.3 is 0 Å². The zero-order valence-corrected chi connectivity index (χ0v) is 8.70. The fourth-order valence-corrected chi connectivity index (χ4v) is 1.48. The summed E-state index contributed by atoms with van der Waals surface area (Å²) in [6.45, 7) is 2.10. The van der Waals surface area contributed by atoms with Crippen LogP contribution in [-0.2, 0) is 6.42 Å². The van der Waals surface area contributed by atoms with Crippen molar-refractivity contribution in [2.45, 2.75) is 19.8 Å². The number of aromatic nitrogens is 3. The number of anilines is 1. The molecule has 78 valence electrons. The molecule has 0 saturated carbocycles. The second kappa shape index (κ2) is 4.13. The standard InChI is InChI=1S/C11H14N4/c1-2-4-11-14-9(7-10(12)15-11)8-5-3-6-13-8/h3,5-7,13H,2,4H2,1H3,(H2,12,14,15). The average molecular weight is 202 g/mol. The van der Waals surface area contributed by atoms with E-state index < -0.39 is 0 Å². The van der Waals surface area contributed by atoms with Gasteiger partial charge in [0.15, 0.2) is 0 Å². The molecule has 0 aliphatic carbocycles. The lowest BCUT2D eigenvalue weighted by Gasteiger charge is -2.03. The fraction of sp³-hybridized carbons (Fsp3) is 0.273. The number of aromatic amines is 1. The molecule has 0 radical (unpaired) electrons. The molecule has 2 rings (SSSR count).